The van der Waals surface area contributed by atoms with Gasteiger partial charge in [-0.15, -0.1) is 11.3 Å². The Morgan fingerprint density at radius 1 is 1.29 bits per heavy atom. The maximum absolute atomic E-state index is 11.1. The summed E-state index contributed by atoms with van der Waals surface area (Å²) in [6.07, 6.45) is 0. The van der Waals surface area contributed by atoms with E-state index >= 15 is 0 Å². The summed E-state index contributed by atoms with van der Waals surface area (Å²) in [6, 6.07) is 8.10. The maximum atomic E-state index is 11.1. The van der Waals surface area contributed by atoms with E-state index in [1.807, 2.05) is 12.1 Å². The molecule has 5 nitrogen and oxygen atoms in total. The fourth-order valence-electron chi connectivity index (χ4n) is 2.35. The van der Waals surface area contributed by atoms with Crippen LogP contribution in [0.3, 0.4) is 0 Å². The Morgan fingerprint density at radius 2 is 1.95 bits per heavy atom. The molecule has 2 aromatic rings. The van der Waals surface area contributed by atoms with Crippen molar-refractivity contribution in [2.24, 2.45) is 0 Å². The minimum Gasteiger partial charge on any atom is -0.477 e. The smallest absolute Gasteiger partial charge is 0.347 e. The lowest BCUT2D eigenvalue weighted by Gasteiger charge is -2.28. The molecule has 1 fully saturated rings. The molecule has 1 saturated heterocycles. The number of rotatable bonds is 3. The lowest BCUT2D eigenvalue weighted by Crippen LogP contribution is -2.36. The fraction of sp³-hybridized carbons (Fsp3) is 0.333. The zero-order valence-electron chi connectivity index (χ0n) is 11.7. The first kappa shape index (κ1) is 14.0. The first-order valence-electron chi connectivity index (χ1n) is 6.79. The molecule has 0 saturated carbocycles. The lowest BCUT2D eigenvalue weighted by atomic mass is 10.2. The van der Waals surface area contributed by atoms with Gasteiger partial charge in [-0.25, -0.2) is 9.78 Å². The number of aromatic nitrogens is 1. The summed E-state index contributed by atoms with van der Waals surface area (Å²) in [5.41, 5.74) is 2.68. The zero-order valence-corrected chi connectivity index (χ0v) is 12.5. The van der Waals surface area contributed by atoms with E-state index in [0.29, 0.717) is 10.6 Å². The number of morpholine rings is 1. The van der Waals surface area contributed by atoms with E-state index in [-0.39, 0.29) is 0 Å². The zero-order chi connectivity index (χ0) is 14.8. The number of anilines is 1. The van der Waals surface area contributed by atoms with Crippen LogP contribution in [0, 0.1) is 6.92 Å². The van der Waals surface area contributed by atoms with Gasteiger partial charge in [0.1, 0.15) is 9.88 Å². The van der Waals surface area contributed by atoms with Crippen LogP contribution in [0.2, 0.25) is 0 Å². The molecule has 110 valence electrons. The molecule has 0 spiro atoms. The number of thiazole rings is 1. The molecule has 21 heavy (non-hydrogen) atoms. The molecule has 2 heterocycles. The topological polar surface area (TPSA) is 62.7 Å². The van der Waals surface area contributed by atoms with Gasteiger partial charge >= 0.3 is 5.97 Å². The molecule has 0 amide bonds. The first-order valence-corrected chi connectivity index (χ1v) is 7.60. The second kappa shape index (κ2) is 5.83. The highest BCUT2D eigenvalue weighted by Crippen LogP contribution is 2.29. The van der Waals surface area contributed by atoms with E-state index in [1.54, 1.807) is 6.92 Å². The molecule has 0 aliphatic carbocycles. The summed E-state index contributed by atoms with van der Waals surface area (Å²) in [6.45, 7) is 5.05. The number of ether oxygens (including phenoxy) is 1. The molecular formula is C15H16N2O3S. The Hall–Kier alpha value is -1.92. The lowest BCUT2D eigenvalue weighted by molar-refractivity contribution is 0.0701. The minimum atomic E-state index is -0.916. The molecule has 1 aromatic carbocycles. The van der Waals surface area contributed by atoms with Crippen molar-refractivity contribution in [1.29, 1.82) is 0 Å². The summed E-state index contributed by atoms with van der Waals surface area (Å²) in [5, 5.41) is 9.84. The Balaban J connectivity index is 1.83. The average Bonchev–Trinajstić information content (AvgIpc) is 2.90. The van der Waals surface area contributed by atoms with Crippen LogP contribution in [0.5, 0.6) is 0 Å². The number of aromatic carboxylic acids is 1. The molecule has 1 N–H and O–H groups in total. The second-order valence-corrected chi connectivity index (χ2v) is 5.88. The van der Waals surface area contributed by atoms with E-state index in [1.165, 1.54) is 11.3 Å². The number of benzene rings is 1. The van der Waals surface area contributed by atoms with Gasteiger partial charge in [0.2, 0.25) is 0 Å². The number of carboxylic acid groups (broad SMARTS) is 1. The van der Waals surface area contributed by atoms with E-state index in [0.717, 1.165) is 42.6 Å². The Bertz CT molecular complexity index is 645. The number of aryl methyl sites for hydroxylation is 1. The van der Waals surface area contributed by atoms with E-state index < -0.39 is 5.97 Å². The van der Waals surface area contributed by atoms with Crippen molar-refractivity contribution in [3.05, 3.63) is 34.8 Å². The van der Waals surface area contributed by atoms with Crippen LogP contribution in [0.4, 0.5) is 5.69 Å². The summed E-state index contributed by atoms with van der Waals surface area (Å²) in [7, 11) is 0. The largest absolute Gasteiger partial charge is 0.477 e. The quantitative estimate of drug-likeness (QED) is 0.944. The average molecular weight is 304 g/mol. The predicted octanol–water partition coefficient (Wildman–Crippen LogP) is 2.65. The molecule has 0 unspecified atom stereocenters. The fourth-order valence-corrected chi connectivity index (χ4v) is 3.27. The van der Waals surface area contributed by atoms with Crippen LogP contribution in [0.15, 0.2) is 24.3 Å². The number of nitrogens with zero attached hydrogens (tertiary/aromatic N) is 2. The van der Waals surface area contributed by atoms with Gasteiger partial charge in [-0.05, 0) is 31.2 Å². The highest BCUT2D eigenvalue weighted by Gasteiger charge is 2.16. The summed E-state index contributed by atoms with van der Waals surface area (Å²) >= 11 is 1.22. The standard InChI is InChI=1S/C15H16N2O3S/c1-10-13(15(18)19)21-14(16-10)11-2-4-12(5-3-11)17-6-8-20-9-7-17/h2-5H,6-9H2,1H3,(H,18,19). The number of carboxylic acids is 1. The highest BCUT2D eigenvalue weighted by atomic mass is 32.1. The van der Waals surface area contributed by atoms with Crippen LogP contribution in [0.1, 0.15) is 15.4 Å². The van der Waals surface area contributed by atoms with Crippen molar-refractivity contribution >= 4 is 23.0 Å². The van der Waals surface area contributed by atoms with Gasteiger partial charge in [0.25, 0.3) is 0 Å². The van der Waals surface area contributed by atoms with Crippen molar-refractivity contribution in [2.75, 3.05) is 31.2 Å². The molecule has 1 aliphatic rings. The minimum absolute atomic E-state index is 0.308. The number of hydrogen-bond acceptors (Lipinski definition) is 5. The normalized spacial score (nSPS) is 15.2. The van der Waals surface area contributed by atoms with Crippen LogP contribution in [0.25, 0.3) is 10.6 Å². The molecule has 3 rings (SSSR count). The van der Waals surface area contributed by atoms with Gasteiger partial charge < -0.3 is 14.7 Å². The van der Waals surface area contributed by atoms with Crippen molar-refractivity contribution in [1.82, 2.24) is 4.98 Å². The Morgan fingerprint density at radius 3 is 2.52 bits per heavy atom. The third kappa shape index (κ3) is 2.91. The van der Waals surface area contributed by atoms with Gasteiger partial charge in [-0.1, -0.05) is 0 Å². The van der Waals surface area contributed by atoms with E-state index in [4.69, 9.17) is 9.84 Å². The predicted molar refractivity (Wildman–Crippen MR) is 82.3 cm³/mol. The van der Waals surface area contributed by atoms with Gasteiger partial charge in [0, 0.05) is 24.3 Å². The number of hydrogen-bond donors (Lipinski definition) is 1. The third-order valence-corrected chi connectivity index (χ3v) is 4.68. The van der Waals surface area contributed by atoms with E-state index in [9.17, 15) is 4.79 Å². The van der Waals surface area contributed by atoms with Crippen molar-refractivity contribution in [3.8, 4) is 10.6 Å². The molecule has 0 radical (unpaired) electrons. The summed E-state index contributed by atoms with van der Waals surface area (Å²) in [5.74, 6) is -0.916. The van der Waals surface area contributed by atoms with Crippen molar-refractivity contribution in [3.63, 3.8) is 0 Å². The Labute approximate surface area is 126 Å². The summed E-state index contributed by atoms with van der Waals surface area (Å²) in [4.78, 5) is 18.0. The van der Waals surface area contributed by atoms with Crippen LogP contribution in [-0.2, 0) is 4.74 Å². The SMILES string of the molecule is Cc1nc(-c2ccc(N3CCOCC3)cc2)sc1C(=O)O. The van der Waals surface area contributed by atoms with Crippen LogP contribution >= 0.6 is 11.3 Å². The van der Waals surface area contributed by atoms with Crippen LogP contribution in [-0.4, -0.2) is 42.4 Å². The second-order valence-electron chi connectivity index (χ2n) is 4.88. The molecular weight excluding hydrogens is 288 g/mol. The van der Waals surface area contributed by atoms with Gasteiger partial charge in [-0.3, -0.25) is 0 Å². The number of carbonyl (C=O) groups is 1. The summed E-state index contributed by atoms with van der Waals surface area (Å²) < 4.78 is 5.35. The maximum Gasteiger partial charge on any atom is 0.347 e. The molecule has 0 atom stereocenters. The van der Waals surface area contributed by atoms with E-state index in [2.05, 4.69) is 22.0 Å². The van der Waals surface area contributed by atoms with Crippen molar-refractivity contribution < 1.29 is 14.6 Å². The third-order valence-electron chi connectivity index (χ3n) is 3.48. The Kier molecular flexibility index (Phi) is 3.90. The highest BCUT2D eigenvalue weighted by molar-refractivity contribution is 7.17. The first-order chi connectivity index (χ1) is 10.1. The van der Waals surface area contributed by atoms with Gasteiger partial charge in [0.05, 0.1) is 18.9 Å². The molecule has 1 aliphatic heterocycles. The van der Waals surface area contributed by atoms with Gasteiger partial charge in [0.15, 0.2) is 0 Å². The van der Waals surface area contributed by atoms with Gasteiger partial charge in [-0.2, -0.15) is 0 Å². The monoisotopic (exact) mass is 304 g/mol. The molecule has 1 aromatic heterocycles. The van der Waals surface area contributed by atoms with Crippen LogP contribution < -0.4 is 4.90 Å². The van der Waals surface area contributed by atoms with Crippen molar-refractivity contribution in [2.45, 2.75) is 6.92 Å². The molecule has 6 heteroatoms. The molecule has 0 bridgehead atoms.